The van der Waals surface area contributed by atoms with Crippen molar-refractivity contribution in [2.45, 2.75) is 87.5 Å². The first-order valence-corrected chi connectivity index (χ1v) is 11.8. The minimum absolute atomic E-state index is 0.0738. The Labute approximate surface area is 207 Å². The summed E-state index contributed by atoms with van der Waals surface area (Å²) in [6, 6.07) is -1.28. The van der Waals surface area contributed by atoms with Crippen LogP contribution in [-0.4, -0.2) is 151 Å². The van der Waals surface area contributed by atoms with E-state index in [1.807, 2.05) is 0 Å². The van der Waals surface area contributed by atoms with Crippen LogP contribution in [0.15, 0.2) is 0 Å². The van der Waals surface area contributed by atoms with Crippen LogP contribution in [0.2, 0.25) is 0 Å². The number of carboxylic acid groups (broad SMARTS) is 1. The van der Waals surface area contributed by atoms with Gasteiger partial charge in [-0.1, -0.05) is 0 Å². The number of ether oxygens (including phenoxy) is 3. The van der Waals surface area contributed by atoms with Gasteiger partial charge in [-0.05, 0) is 20.3 Å². The Morgan fingerprint density at radius 2 is 1.64 bits per heavy atom. The van der Waals surface area contributed by atoms with Gasteiger partial charge in [-0.25, -0.2) is 0 Å². The maximum Gasteiger partial charge on any atom is 0.320 e. The van der Waals surface area contributed by atoms with Crippen LogP contribution >= 0.6 is 0 Å². The Kier molecular flexibility index (Phi) is 11.4. The molecule has 0 spiro atoms. The van der Waals surface area contributed by atoms with Crippen molar-refractivity contribution in [2.75, 3.05) is 32.8 Å². The highest BCUT2D eigenvalue weighted by atomic mass is 16.7. The van der Waals surface area contributed by atoms with Crippen molar-refractivity contribution in [3.05, 3.63) is 0 Å². The Morgan fingerprint density at radius 3 is 2.17 bits per heavy atom. The van der Waals surface area contributed by atoms with Crippen molar-refractivity contribution in [3.63, 3.8) is 0 Å². The smallest absolute Gasteiger partial charge is 0.320 e. The van der Waals surface area contributed by atoms with E-state index in [1.54, 1.807) is 18.7 Å². The first-order valence-electron chi connectivity index (χ1n) is 11.8. The highest BCUT2D eigenvalue weighted by Gasteiger charge is 2.56. The molecule has 2 rings (SSSR count). The molecule has 0 saturated carbocycles. The lowest BCUT2D eigenvalue weighted by Gasteiger charge is -2.41. The van der Waals surface area contributed by atoms with Crippen LogP contribution in [0.4, 0.5) is 0 Å². The molecule has 2 saturated heterocycles. The molecule has 15 heteroatoms. The van der Waals surface area contributed by atoms with Gasteiger partial charge in [0.05, 0.1) is 19.8 Å². The Balaban J connectivity index is 2.05. The highest BCUT2D eigenvalue weighted by molar-refractivity contribution is 5.78. The topological polar surface area (TPSA) is 239 Å². The largest absolute Gasteiger partial charge is 0.480 e. The fourth-order valence-corrected chi connectivity index (χ4v) is 4.23. The van der Waals surface area contributed by atoms with Gasteiger partial charge in [0.1, 0.15) is 48.8 Å². The SMILES string of the molecule is CCN(CC)C(=O)CC[C@H](NCC1(O)O[C@H](CO)C(O[C@H]2O[C@H](CO)[C@@H](O)[C@H](O)[C@H]2O)[C@@H]1O)C(=O)O. The Hall–Kier alpha value is -1.50. The summed E-state index contributed by atoms with van der Waals surface area (Å²) < 4.78 is 16.0. The number of aliphatic carboxylic acids is 1. The molecule has 210 valence electrons. The molecule has 0 aromatic carbocycles. The van der Waals surface area contributed by atoms with Gasteiger partial charge in [-0.3, -0.25) is 14.9 Å². The van der Waals surface area contributed by atoms with Crippen molar-refractivity contribution in [2.24, 2.45) is 0 Å². The minimum atomic E-state index is -2.44. The summed E-state index contributed by atoms with van der Waals surface area (Å²) in [6.07, 6.45) is -13.1. The Morgan fingerprint density at radius 1 is 1.03 bits per heavy atom. The monoisotopic (exact) mass is 526 g/mol. The number of hydrogen-bond donors (Lipinski definition) is 9. The lowest BCUT2D eigenvalue weighted by Crippen LogP contribution is -2.61. The number of rotatable bonds is 13. The molecule has 2 unspecified atom stereocenters. The molecule has 2 fully saturated rings. The molecule has 9 N–H and O–H groups in total. The first kappa shape index (κ1) is 30.7. The number of aliphatic hydroxyl groups is 7. The number of carbonyl (C=O) groups excluding carboxylic acids is 1. The Bertz CT molecular complexity index is 724. The van der Waals surface area contributed by atoms with E-state index in [-0.39, 0.29) is 18.7 Å². The molecule has 0 aromatic heterocycles. The number of nitrogens with one attached hydrogen (secondary N) is 1. The molecular weight excluding hydrogens is 488 g/mol. The van der Waals surface area contributed by atoms with E-state index < -0.39 is 86.6 Å². The third-order valence-electron chi connectivity index (χ3n) is 6.48. The van der Waals surface area contributed by atoms with E-state index in [4.69, 9.17) is 14.2 Å². The van der Waals surface area contributed by atoms with Gasteiger partial charge >= 0.3 is 5.97 Å². The zero-order chi connectivity index (χ0) is 27.2. The number of aliphatic hydroxyl groups excluding tert-OH is 6. The van der Waals surface area contributed by atoms with Crippen molar-refractivity contribution in [3.8, 4) is 0 Å². The van der Waals surface area contributed by atoms with Gasteiger partial charge in [0.15, 0.2) is 6.29 Å². The van der Waals surface area contributed by atoms with Crippen LogP contribution < -0.4 is 5.32 Å². The third-order valence-corrected chi connectivity index (χ3v) is 6.48. The van der Waals surface area contributed by atoms with E-state index in [1.165, 1.54) is 0 Å². The number of nitrogens with zero attached hydrogens (tertiary/aromatic N) is 1. The maximum absolute atomic E-state index is 12.2. The van der Waals surface area contributed by atoms with Gasteiger partial charge in [0.25, 0.3) is 0 Å². The number of carboxylic acids is 1. The van der Waals surface area contributed by atoms with Crippen LogP contribution in [0.3, 0.4) is 0 Å². The second kappa shape index (κ2) is 13.3. The quantitative estimate of drug-likeness (QED) is 0.110. The average Bonchev–Trinajstić information content (AvgIpc) is 3.09. The van der Waals surface area contributed by atoms with Crippen molar-refractivity contribution >= 4 is 11.9 Å². The van der Waals surface area contributed by atoms with Crippen LogP contribution in [0.1, 0.15) is 26.7 Å². The zero-order valence-corrected chi connectivity index (χ0v) is 20.2. The van der Waals surface area contributed by atoms with E-state index in [2.05, 4.69) is 5.32 Å². The fourth-order valence-electron chi connectivity index (χ4n) is 4.23. The third kappa shape index (κ3) is 6.87. The summed E-state index contributed by atoms with van der Waals surface area (Å²) in [4.78, 5) is 25.4. The van der Waals surface area contributed by atoms with Gasteiger partial charge in [-0.2, -0.15) is 0 Å². The standard InChI is InChI=1S/C21H38N2O13/c1-3-23(4-2)13(26)6-5-10(19(31)32)22-9-21(33)18(30)17(12(8-25)36-21)35-20-16(29)15(28)14(27)11(7-24)34-20/h10-12,14-18,20,22,24-25,27-30,33H,3-9H2,1-2H3,(H,31,32)/t10-,11+,12+,14+,15-,16+,17?,18-,20+,21?/m0/s1. The van der Waals surface area contributed by atoms with Crippen molar-refractivity contribution < 1.29 is 64.7 Å². The minimum Gasteiger partial charge on any atom is -0.480 e. The molecule has 1 amide bonds. The summed E-state index contributed by atoms with van der Waals surface area (Å²) in [5.74, 6) is -3.98. The number of amides is 1. The van der Waals surface area contributed by atoms with Gasteiger partial charge in [-0.15, -0.1) is 0 Å². The summed E-state index contributed by atoms with van der Waals surface area (Å²) in [5.41, 5.74) is 0. The van der Waals surface area contributed by atoms with Gasteiger partial charge < -0.3 is 60.0 Å². The molecule has 36 heavy (non-hydrogen) atoms. The van der Waals surface area contributed by atoms with Gasteiger partial charge in [0, 0.05) is 19.5 Å². The zero-order valence-electron chi connectivity index (χ0n) is 20.2. The molecule has 2 heterocycles. The molecule has 0 aromatic rings. The van der Waals surface area contributed by atoms with Gasteiger partial charge in [0.2, 0.25) is 11.7 Å². The van der Waals surface area contributed by atoms with E-state index in [0.29, 0.717) is 13.1 Å². The summed E-state index contributed by atoms with van der Waals surface area (Å²) in [6.45, 7) is 2.42. The predicted molar refractivity (Wildman–Crippen MR) is 118 cm³/mol. The van der Waals surface area contributed by atoms with E-state index in [0.717, 1.165) is 0 Å². The molecule has 2 aliphatic heterocycles. The van der Waals surface area contributed by atoms with Crippen molar-refractivity contribution in [1.82, 2.24) is 10.2 Å². The van der Waals surface area contributed by atoms with Crippen molar-refractivity contribution in [1.29, 1.82) is 0 Å². The normalized spacial score (nSPS) is 37.6. The molecule has 2 aliphatic rings. The lowest BCUT2D eigenvalue weighted by molar-refractivity contribution is -0.318. The van der Waals surface area contributed by atoms with E-state index in [9.17, 15) is 50.4 Å². The summed E-state index contributed by atoms with van der Waals surface area (Å²) >= 11 is 0. The van der Waals surface area contributed by atoms with Crippen LogP contribution in [0.25, 0.3) is 0 Å². The fraction of sp³-hybridized carbons (Fsp3) is 0.905. The second-order valence-electron chi connectivity index (χ2n) is 8.80. The molecule has 0 bridgehead atoms. The summed E-state index contributed by atoms with van der Waals surface area (Å²) in [7, 11) is 0. The average molecular weight is 527 g/mol. The van der Waals surface area contributed by atoms with Crippen LogP contribution in [-0.2, 0) is 23.8 Å². The number of carbonyl (C=O) groups is 2. The summed E-state index contributed by atoms with van der Waals surface area (Å²) in [5, 5.41) is 82.6. The highest BCUT2D eigenvalue weighted by Crippen LogP contribution is 2.34. The lowest BCUT2D eigenvalue weighted by atomic mass is 9.98. The van der Waals surface area contributed by atoms with Crippen LogP contribution in [0, 0.1) is 0 Å². The molecular formula is C21H38N2O13. The maximum atomic E-state index is 12.2. The predicted octanol–water partition coefficient (Wildman–Crippen LogP) is -4.70. The second-order valence-corrected chi connectivity index (χ2v) is 8.80. The molecule has 0 radical (unpaired) electrons. The van der Waals surface area contributed by atoms with E-state index >= 15 is 0 Å². The molecule has 10 atom stereocenters. The van der Waals surface area contributed by atoms with Crippen LogP contribution in [0.5, 0.6) is 0 Å². The molecule has 15 nitrogen and oxygen atoms in total. The number of hydrogen-bond acceptors (Lipinski definition) is 13. The first-order chi connectivity index (χ1) is 16.9. The molecule has 0 aliphatic carbocycles.